The number of carbonyl (C=O) groups excluding carboxylic acids is 1. The van der Waals surface area contributed by atoms with Gasteiger partial charge in [0.2, 0.25) is 5.90 Å². The van der Waals surface area contributed by atoms with Crippen molar-refractivity contribution in [2.24, 2.45) is 4.99 Å². The molecule has 7 rings (SSSR count). The van der Waals surface area contributed by atoms with Gasteiger partial charge >= 0.3 is 0 Å². The number of amides is 1. The van der Waals surface area contributed by atoms with E-state index >= 15 is 0 Å². The summed E-state index contributed by atoms with van der Waals surface area (Å²) in [6.45, 7) is 27.5. The first-order valence-electron chi connectivity index (χ1n) is 20.1. The Balaban J connectivity index is 1.37. The summed E-state index contributed by atoms with van der Waals surface area (Å²) in [5.41, 5.74) is 9.65. The van der Waals surface area contributed by atoms with Gasteiger partial charge in [0.1, 0.15) is 12.1 Å². The lowest BCUT2D eigenvalue weighted by Gasteiger charge is -2.31. The number of aliphatic imine (C=N–C) groups is 1. The number of hydrogen-bond acceptors (Lipinski definition) is 3. The van der Waals surface area contributed by atoms with Crippen LogP contribution in [0.4, 0.5) is 5.69 Å². The minimum Gasteiger partial charge on any atom is -0.471 e. The average Bonchev–Trinajstić information content (AvgIpc) is 3.69. The van der Waals surface area contributed by atoms with Crippen LogP contribution < -0.4 is 21.2 Å². The molecular formula is C51H59N2O2P. The van der Waals surface area contributed by atoms with Crippen molar-refractivity contribution in [1.82, 2.24) is 0 Å². The molecule has 0 bridgehead atoms. The highest BCUT2D eigenvalue weighted by Crippen LogP contribution is 2.43. The van der Waals surface area contributed by atoms with E-state index in [-0.39, 0.29) is 39.7 Å². The number of anilines is 1. The molecule has 5 aromatic rings. The molecule has 2 atom stereocenters. The highest BCUT2D eigenvalue weighted by molar-refractivity contribution is 7.80. The molecule has 56 heavy (non-hydrogen) atoms. The summed E-state index contributed by atoms with van der Waals surface area (Å²) in [6, 6.07) is 39.0. The van der Waals surface area contributed by atoms with Crippen LogP contribution >= 0.6 is 7.92 Å². The van der Waals surface area contributed by atoms with Gasteiger partial charge in [0.25, 0.3) is 5.91 Å². The fraction of sp³-hybridized carbons (Fsp3) is 0.373. The predicted molar refractivity (Wildman–Crippen MR) is 239 cm³/mol. The monoisotopic (exact) mass is 762 g/mol. The minimum atomic E-state index is -1.18. The predicted octanol–water partition coefficient (Wildman–Crippen LogP) is 11.3. The summed E-state index contributed by atoms with van der Waals surface area (Å²) in [7, 11) is -1.18. The third-order valence-electron chi connectivity index (χ3n) is 11.3. The summed E-state index contributed by atoms with van der Waals surface area (Å²) < 4.78 is 6.52. The first kappa shape index (κ1) is 39.7. The summed E-state index contributed by atoms with van der Waals surface area (Å²) in [4.78, 5) is 19.9. The fourth-order valence-electron chi connectivity index (χ4n) is 7.70. The molecule has 1 aliphatic carbocycles. The lowest BCUT2D eigenvalue weighted by molar-refractivity contribution is 0.102. The van der Waals surface area contributed by atoms with E-state index in [0.29, 0.717) is 17.1 Å². The van der Waals surface area contributed by atoms with E-state index in [1.54, 1.807) is 0 Å². The second-order valence-corrected chi connectivity index (χ2v) is 22.0. The SMILES string of the molecule is CC(C)(C)c1cc(P(c2cc(C(C)(C)C)cc(C(C)(C)C)c2)c2ccccc2C(=O)Nc2ccccc2C2=NC3c4ccccc4CC3O2)cc(C(C)(C)C)c1. The third-order valence-corrected chi connectivity index (χ3v) is 13.7. The van der Waals surface area contributed by atoms with Crippen LogP contribution in [0.3, 0.4) is 0 Å². The molecule has 5 aromatic carbocycles. The van der Waals surface area contributed by atoms with E-state index in [4.69, 9.17) is 9.73 Å². The topological polar surface area (TPSA) is 50.7 Å². The lowest BCUT2D eigenvalue weighted by atomic mass is 9.81. The first-order valence-corrected chi connectivity index (χ1v) is 21.5. The number of fused-ring (bicyclic) bond motifs is 3. The Morgan fingerprint density at radius 2 is 1.11 bits per heavy atom. The Bertz CT molecular complexity index is 2190. The molecular weight excluding hydrogens is 704 g/mol. The van der Waals surface area contributed by atoms with E-state index in [1.807, 2.05) is 36.4 Å². The van der Waals surface area contributed by atoms with Crippen LogP contribution in [0.2, 0.25) is 0 Å². The molecule has 1 N–H and O–H groups in total. The van der Waals surface area contributed by atoms with Crippen LogP contribution in [0.15, 0.2) is 114 Å². The van der Waals surface area contributed by atoms with Crippen LogP contribution in [0, 0.1) is 0 Å². The Hall–Kier alpha value is -4.53. The molecule has 5 heteroatoms. The molecule has 1 aliphatic heterocycles. The quantitative estimate of drug-likeness (QED) is 0.175. The maximum absolute atomic E-state index is 14.9. The van der Waals surface area contributed by atoms with Crippen LogP contribution in [0.25, 0.3) is 0 Å². The molecule has 2 unspecified atom stereocenters. The molecule has 290 valence electrons. The maximum atomic E-state index is 14.9. The van der Waals surface area contributed by atoms with Crippen molar-refractivity contribution in [3.63, 3.8) is 0 Å². The smallest absolute Gasteiger partial charge is 0.256 e. The van der Waals surface area contributed by atoms with Crippen LogP contribution in [0.5, 0.6) is 0 Å². The number of nitrogens with one attached hydrogen (secondary N) is 1. The summed E-state index contributed by atoms with van der Waals surface area (Å²) >= 11 is 0. The largest absolute Gasteiger partial charge is 0.471 e. The fourth-order valence-corrected chi connectivity index (χ4v) is 10.3. The van der Waals surface area contributed by atoms with E-state index < -0.39 is 7.92 Å². The zero-order valence-corrected chi connectivity index (χ0v) is 36.4. The van der Waals surface area contributed by atoms with E-state index in [9.17, 15) is 4.79 Å². The Labute approximate surface area is 337 Å². The molecule has 2 aliphatic rings. The van der Waals surface area contributed by atoms with Crippen molar-refractivity contribution in [3.8, 4) is 0 Å². The van der Waals surface area contributed by atoms with Gasteiger partial charge in [0, 0.05) is 12.0 Å². The number of hydrogen-bond donors (Lipinski definition) is 1. The molecule has 1 heterocycles. The van der Waals surface area contributed by atoms with Crippen LogP contribution in [0.1, 0.15) is 138 Å². The lowest BCUT2D eigenvalue weighted by Crippen LogP contribution is -2.31. The second-order valence-electron chi connectivity index (χ2n) is 19.8. The minimum absolute atomic E-state index is 0.0286. The van der Waals surface area contributed by atoms with E-state index in [2.05, 4.69) is 161 Å². The van der Waals surface area contributed by atoms with Gasteiger partial charge in [0.05, 0.1) is 11.3 Å². The Morgan fingerprint density at radius 3 is 1.66 bits per heavy atom. The number of rotatable bonds is 6. The molecule has 1 amide bonds. The number of para-hydroxylation sites is 1. The maximum Gasteiger partial charge on any atom is 0.256 e. The molecule has 0 spiro atoms. The number of nitrogens with zero attached hydrogens (tertiary/aromatic N) is 1. The second kappa shape index (κ2) is 14.4. The highest BCUT2D eigenvalue weighted by Gasteiger charge is 2.40. The van der Waals surface area contributed by atoms with Gasteiger partial charge < -0.3 is 10.1 Å². The summed E-state index contributed by atoms with van der Waals surface area (Å²) in [5.74, 6) is 0.444. The molecule has 0 radical (unpaired) electrons. The molecule has 0 fully saturated rings. The van der Waals surface area contributed by atoms with Gasteiger partial charge in [-0.3, -0.25) is 4.79 Å². The molecule has 0 saturated carbocycles. The number of benzene rings is 5. The summed E-state index contributed by atoms with van der Waals surface area (Å²) in [5, 5.41) is 6.89. The van der Waals surface area contributed by atoms with Crippen molar-refractivity contribution >= 4 is 41.3 Å². The number of ether oxygens (including phenoxy) is 1. The molecule has 4 nitrogen and oxygen atoms in total. The van der Waals surface area contributed by atoms with Crippen LogP contribution in [-0.4, -0.2) is 17.9 Å². The van der Waals surface area contributed by atoms with Gasteiger partial charge in [0.15, 0.2) is 0 Å². The van der Waals surface area contributed by atoms with E-state index in [0.717, 1.165) is 17.3 Å². The molecule has 0 saturated heterocycles. The standard InChI is InChI=1S/C51H59N2O2P/c1-48(2,3)33-26-34(49(4,5)6)29-37(28-33)56(38-30-35(50(7,8)9)27-36(31-38)51(10,11)12)44-24-18-16-22-41(44)46(54)52-42-23-17-15-21-40(42)47-53-45-39-20-14-13-19-32(39)25-43(45)55-47/h13-24,26-31,43,45H,25H2,1-12H3,(H,52,54). The third kappa shape index (κ3) is 8.01. The zero-order chi connectivity index (χ0) is 40.4. The first-order chi connectivity index (χ1) is 26.2. The van der Waals surface area contributed by atoms with Crippen molar-refractivity contribution in [2.45, 2.75) is 123 Å². The van der Waals surface area contributed by atoms with Crippen LogP contribution in [-0.2, 0) is 32.8 Å². The van der Waals surface area contributed by atoms with Gasteiger partial charge in [-0.25, -0.2) is 4.99 Å². The average molecular weight is 763 g/mol. The number of carbonyl (C=O) groups is 1. The van der Waals surface area contributed by atoms with E-state index in [1.165, 1.54) is 44.0 Å². The van der Waals surface area contributed by atoms with Gasteiger partial charge in [-0.15, -0.1) is 0 Å². The van der Waals surface area contributed by atoms with Gasteiger partial charge in [-0.2, -0.15) is 0 Å². The Morgan fingerprint density at radius 1 is 0.625 bits per heavy atom. The van der Waals surface area contributed by atoms with Crippen molar-refractivity contribution in [2.75, 3.05) is 5.32 Å². The van der Waals surface area contributed by atoms with Gasteiger partial charge in [-0.05, 0) is 97.1 Å². The van der Waals surface area contributed by atoms with Crippen molar-refractivity contribution in [1.29, 1.82) is 0 Å². The summed E-state index contributed by atoms with van der Waals surface area (Å²) in [6.07, 6.45) is 0.805. The van der Waals surface area contributed by atoms with Crippen molar-refractivity contribution < 1.29 is 9.53 Å². The van der Waals surface area contributed by atoms with Crippen molar-refractivity contribution in [3.05, 3.63) is 154 Å². The highest BCUT2D eigenvalue weighted by atomic mass is 31.1. The zero-order valence-electron chi connectivity index (χ0n) is 35.5. The normalized spacial score (nSPS) is 17.0. The molecule has 0 aromatic heterocycles. The Kier molecular flexibility index (Phi) is 10.2. The van der Waals surface area contributed by atoms with Gasteiger partial charge in [-0.1, -0.05) is 174 Å².